The van der Waals surface area contributed by atoms with Gasteiger partial charge in [0, 0.05) is 24.3 Å². The number of imide groups is 1. The molecule has 1 aliphatic heterocycles. The number of carbonyl (C=O) groups is 3. The average Bonchev–Trinajstić information content (AvgIpc) is 3.07. The van der Waals surface area contributed by atoms with Crippen molar-refractivity contribution in [2.24, 2.45) is 0 Å². The van der Waals surface area contributed by atoms with Crippen LogP contribution in [-0.4, -0.2) is 35.7 Å². The third-order valence-electron chi connectivity index (χ3n) is 6.47. The molecule has 33 heavy (non-hydrogen) atoms. The molecule has 0 atom stereocenters. The second-order valence-electron chi connectivity index (χ2n) is 8.56. The van der Waals surface area contributed by atoms with Crippen molar-refractivity contribution in [2.45, 2.75) is 51.5 Å². The molecule has 2 aliphatic rings. The Balaban J connectivity index is 1.46. The SMILES string of the molecule is CCc1ccc(N2C(=O)C(Cl)=C(Nc3ccc(C(=O)N(C)C4CCCCC4)cc3)C2=O)cc1. The van der Waals surface area contributed by atoms with Gasteiger partial charge >= 0.3 is 0 Å². The van der Waals surface area contributed by atoms with Crippen molar-refractivity contribution in [1.82, 2.24) is 4.90 Å². The highest BCUT2D eigenvalue weighted by Gasteiger charge is 2.39. The number of aryl methyl sites for hydroxylation is 1. The van der Waals surface area contributed by atoms with E-state index in [1.165, 1.54) is 6.42 Å². The summed E-state index contributed by atoms with van der Waals surface area (Å²) in [7, 11) is 1.86. The third-order valence-corrected chi connectivity index (χ3v) is 6.82. The quantitative estimate of drug-likeness (QED) is 0.603. The van der Waals surface area contributed by atoms with Crippen LogP contribution in [0.2, 0.25) is 0 Å². The first-order valence-electron chi connectivity index (χ1n) is 11.4. The largest absolute Gasteiger partial charge is 0.350 e. The number of hydrogen-bond acceptors (Lipinski definition) is 4. The molecule has 1 heterocycles. The van der Waals surface area contributed by atoms with Gasteiger partial charge < -0.3 is 10.2 Å². The maximum atomic E-state index is 13.0. The molecule has 172 valence electrons. The second kappa shape index (κ2) is 9.79. The van der Waals surface area contributed by atoms with Crippen molar-refractivity contribution in [1.29, 1.82) is 0 Å². The Morgan fingerprint density at radius 1 is 1.00 bits per heavy atom. The molecule has 0 unspecified atom stereocenters. The number of nitrogens with one attached hydrogen (secondary N) is 1. The standard InChI is InChI=1S/C26H28ClN3O3/c1-3-17-9-15-21(16-10-17)30-25(32)22(27)23(26(30)33)28-19-13-11-18(12-14-19)24(31)29(2)20-7-5-4-6-8-20/h9-16,20,28H,3-8H2,1-2H3. The molecule has 4 rings (SSSR count). The molecule has 0 radical (unpaired) electrons. The summed E-state index contributed by atoms with van der Waals surface area (Å²) in [5, 5.41) is 2.81. The topological polar surface area (TPSA) is 69.7 Å². The number of hydrogen-bond donors (Lipinski definition) is 1. The zero-order chi connectivity index (χ0) is 23.5. The summed E-state index contributed by atoms with van der Waals surface area (Å²) in [6, 6.07) is 14.4. The zero-order valence-electron chi connectivity index (χ0n) is 18.9. The number of rotatable bonds is 6. The highest BCUT2D eigenvalue weighted by molar-refractivity contribution is 6.53. The van der Waals surface area contributed by atoms with Gasteiger partial charge in [0.2, 0.25) is 0 Å². The molecule has 1 fully saturated rings. The minimum Gasteiger partial charge on any atom is -0.350 e. The van der Waals surface area contributed by atoms with E-state index in [0.717, 1.165) is 42.6 Å². The van der Waals surface area contributed by atoms with Gasteiger partial charge in [-0.3, -0.25) is 14.4 Å². The lowest BCUT2D eigenvalue weighted by Crippen LogP contribution is -2.38. The van der Waals surface area contributed by atoms with Crippen molar-refractivity contribution in [3.8, 4) is 0 Å². The van der Waals surface area contributed by atoms with Crippen LogP contribution in [0.5, 0.6) is 0 Å². The van der Waals surface area contributed by atoms with Gasteiger partial charge in [-0.1, -0.05) is 49.9 Å². The Morgan fingerprint density at radius 2 is 1.64 bits per heavy atom. The average molecular weight is 466 g/mol. The summed E-state index contributed by atoms with van der Waals surface area (Å²) in [4.78, 5) is 41.4. The molecule has 2 aromatic carbocycles. The van der Waals surface area contributed by atoms with Gasteiger partial charge in [0.05, 0.1) is 5.69 Å². The van der Waals surface area contributed by atoms with Gasteiger partial charge in [-0.2, -0.15) is 0 Å². The number of anilines is 2. The maximum absolute atomic E-state index is 13.0. The zero-order valence-corrected chi connectivity index (χ0v) is 19.7. The molecule has 0 saturated heterocycles. The Morgan fingerprint density at radius 3 is 2.24 bits per heavy atom. The number of carbonyl (C=O) groups excluding carboxylic acids is 3. The van der Waals surface area contributed by atoms with Crippen LogP contribution in [0, 0.1) is 0 Å². The predicted octanol–water partition coefficient (Wildman–Crippen LogP) is 5.09. The minimum atomic E-state index is -0.561. The van der Waals surface area contributed by atoms with E-state index in [4.69, 9.17) is 11.6 Å². The molecule has 6 nitrogen and oxygen atoms in total. The number of amides is 3. The van der Waals surface area contributed by atoms with Crippen molar-refractivity contribution in [3.63, 3.8) is 0 Å². The first-order chi connectivity index (χ1) is 15.9. The molecule has 1 saturated carbocycles. The summed E-state index contributed by atoms with van der Waals surface area (Å²) < 4.78 is 0. The van der Waals surface area contributed by atoms with Gasteiger partial charge in [0.1, 0.15) is 10.7 Å². The van der Waals surface area contributed by atoms with Gasteiger partial charge in [0.25, 0.3) is 17.7 Å². The van der Waals surface area contributed by atoms with Crippen molar-refractivity contribution < 1.29 is 14.4 Å². The highest BCUT2D eigenvalue weighted by atomic mass is 35.5. The summed E-state index contributed by atoms with van der Waals surface area (Å²) in [5.74, 6) is -1.08. The van der Waals surface area contributed by atoms with Gasteiger partial charge in [-0.25, -0.2) is 4.90 Å². The molecule has 1 aliphatic carbocycles. The Kier molecular flexibility index (Phi) is 6.84. The number of benzene rings is 2. The van der Waals surface area contributed by atoms with E-state index in [-0.39, 0.29) is 22.7 Å². The van der Waals surface area contributed by atoms with E-state index in [1.807, 2.05) is 31.0 Å². The van der Waals surface area contributed by atoms with Crippen LogP contribution < -0.4 is 10.2 Å². The van der Waals surface area contributed by atoms with Crippen LogP contribution in [0.25, 0.3) is 0 Å². The lowest BCUT2D eigenvalue weighted by Gasteiger charge is -2.31. The summed E-state index contributed by atoms with van der Waals surface area (Å²) in [5.41, 5.74) is 2.77. The summed E-state index contributed by atoms with van der Waals surface area (Å²) in [6.45, 7) is 2.04. The number of nitrogens with zero attached hydrogens (tertiary/aromatic N) is 2. The first-order valence-corrected chi connectivity index (χ1v) is 11.8. The summed E-state index contributed by atoms with van der Waals surface area (Å²) >= 11 is 6.23. The Labute approximate surface area is 199 Å². The van der Waals surface area contributed by atoms with Crippen LogP contribution in [-0.2, 0) is 16.0 Å². The van der Waals surface area contributed by atoms with E-state index in [9.17, 15) is 14.4 Å². The van der Waals surface area contributed by atoms with E-state index in [1.54, 1.807) is 36.4 Å². The normalized spacial score (nSPS) is 17.0. The lowest BCUT2D eigenvalue weighted by molar-refractivity contribution is -0.120. The fourth-order valence-electron chi connectivity index (χ4n) is 4.40. The molecule has 0 aromatic heterocycles. The highest BCUT2D eigenvalue weighted by Crippen LogP contribution is 2.30. The fourth-order valence-corrected chi connectivity index (χ4v) is 4.62. The van der Waals surface area contributed by atoms with Crippen LogP contribution >= 0.6 is 11.6 Å². The molecule has 1 N–H and O–H groups in total. The Bertz CT molecular complexity index is 1090. The second-order valence-corrected chi connectivity index (χ2v) is 8.94. The van der Waals surface area contributed by atoms with E-state index in [2.05, 4.69) is 5.32 Å². The van der Waals surface area contributed by atoms with Crippen LogP contribution in [0.1, 0.15) is 54.9 Å². The predicted molar refractivity (Wildman–Crippen MR) is 130 cm³/mol. The Hall–Kier alpha value is -3.12. The van der Waals surface area contributed by atoms with E-state index < -0.39 is 11.8 Å². The van der Waals surface area contributed by atoms with Gasteiger partial charge in [-0.05, 0) is 61.2 Å². The molecular weight excluding hydrogens is 438 g/mol. The maximum Gasteiger partial charge on any atom is 0.283 e. The monoisotopic (exact) mass is 465 g/mol. The molecule has 2 aromatic rings. The minimum absolute atomic E-state index is 0.0143. The molecular formula is C26H28ClN3O3. The molecule has 0 spiro atoms. The van der Waals surface area contributed by atoms with Crippen molar-refractivity contribution in [3.05, 3.63) is 70.4 Å². The number of halogens is 1. The smallest absolute Gasteiger partial charge is 0.283 e. The van der Waals surface area contributed by atoms with E-state index in [0.29, 0.717) is 16.9 Å². The van der Waals surface area contributed by atoms with Crippen LogP contribution in [0.4, 0.5) is 11.4 Å². The van der Waals surface area contributed by atoms with Crippen LogP contribution in [0.3, 0.4) is 0 Å². The molecule has 3 amide bonds. The lowest BCUT2D eigenvalue weighted by atomic mass is 9.94. The van der Waals surface area contributed by atoms with E-state index >= 15 is 0 Å². The summed E-state index contributed by atoms with van der Waals surface area (Å²) in [6.07, 6.45) is 6.51. The van der Waals surface area contributed by atoms with Crippen molar-refractivity contribution >= 4 is 40.7 Å². The van der Waals surface area contributed by atoms with Crippen molar-refractivity contribution in [2.75, 3.05) is 17.3 Å². The first kappa shape index (κ1) is 23.1. The third kappa shape index (κ3) is 4.67. The van der Waals surface area contributed by atoms with Gasteiger partial charge in [-0.15, -0.1) is 0 Å². The molecule has 0 bridgehead atoms. The van der Waals surface area contributed by atoms with Crippen LogP contribution in [0.15, 0.2) is 59.3 Å². The molecule has 7 heteroatoms. The van der Waals surface area contributed by atoms with Gasteiger partial charge in [0.15, 0.2) is 0 Å². The fraction of sp³-hybridized carbons (Fsp3) is 0.346.